The maximum Gasteiger partial charge on any atom is 0.141 e. The lowest BCUT2D eigenvalue weighted by Crippen LogP contribution is -2.45. The van der Waals surface area contributed by atoms with Crippen LogP contribution in [-0.2, 0) is 11.4 Å². The van der Waals surface area contributed by atoms with Crippen LogP contribution >= 0.6 is 0 Å². The van der Waals surface area contributed by atoms with E-state index >= 15 is 0 Å². The second kappa shape index (κ2) is 5.20. The molecule has 1 saturated heterocycles. The third-order valence-electron chi connectivity index (χ3n) is 5.60. The summed E-state index contributed by atoms with van der Waals surface area (Å²) >= 11 is 0. The molecule has 1 aliphatic carbocycles. The van der Waals surface area contributed by atoms with Gasteiger partial charge in [-0.3, -0.25) is 4.90 Å². The fraction of sp³-hybridized carbons (Fsp3) is 0.350. The topological polar surface area (TPSA) is 24.8 Å². The Hall–Kier alpha value is -2.13. The maximum absolute atomic E-state index is 5.84. The minimum absolute atomic E-state index is 0.294. The average Bonchev–Trinajstić information content (AvgIpc) is 3.28. The van der Waals surface area contributed by atoms with Gasteiger partial charge in [-0.05, 0) is 17.5 Å². The molecule has 3 heteroatoms. The monoisotopic (exact) mass is 304 g/mol. The molecule has 0 amide bonds. The molecule has 23 heavy (non-hydrogen) atoms. The summed E-state index contributed by atoms with van der Waals surface area (Å²) in [5.41, 5.74) is 3.77. The van der Waals surface area contributed by atoms with Crippen LogP contribution in [0.2, 0.25) is 0 Å². The fourth-order valence-electron chi connectivity index (χ4n) is 4.62. The fourth-order valence-corrected chi connectivity index (χ4v) is 4.62. The molecule has 2 heterocycles. The van der Waals surface area contributed by atoms with E-state index in [4.69, 9.17) is 4.84 Å². The number of rotatable bonds is 3. The van der Waals surface area contributed by atoms with Gasteiger partial charge < -0.3 is 4.84 Å². The highest BCUT2D eigenvalue weighted by molar-refractivity contribution is 6.03. The predicted molar refractivity (Wildman–Crippen MR) is 90.1 cm³/mol. The van der Waals surface area contributed by atoms with Crippen LogP contribution in [-0.4, -0.2) is 29.3 Å². The normalized spacial score (nSPS) is 31.7. The molecule has 1 saturated carbocycles. The Morgan fingerprint density at radius 1 is 1.00 bits per heavy atom. The average molecular weight is 304 g/mol. The van der Waals surface area contributed by atoms with Crippen molar-refractivity contribution < 1.29 is 4.84 Å². The maximum atomic E-state index is 5.84. The molecule has 116 valence electrons. The molecular weight excluding hydrogens is 284 g/mol. The van der Waals surface area contributed by atoms with E-state index in [0.717, 1.165) is 18.8 Å². The molecule has 4 atom stereocenters. The number of fused-ring (bicyclic) bond motifs is 5. The summed E-state index contributed by atoms with van der Waals surface area (Å²) in [6.45, 7) is 2.17. The van der Waals surface area contributed by atoms with Gasteiger partial charge in [-0.25, -0.2) is 0 Å². The summed E-state index contributed by atoms with van der Waals surface area (Å²) in [6.07, 6.45) is 1.54. The number of piperidine rings is 1. The van der Waals surface area contributed by atoms with Crippen LogP contribution in [0.25, 0.3) is 0 Å². The first-order chi connectivity index (χ1) is 11.4. The third kappa shape index (κ3) is 2.11. The number of likely N-dealkylation sites (tertiary alicyclic amines) is 1. The van der Waals surface area contributed by atoms with Crippen molar-refractivity contribution in [3.63, 3.8) is 0 Å². The minimum atomic E-state index is 0.294. The largest absolute Gasteiger partial charge is 0.391 e. The smallest absolute Gasteiger partial charge is 0.141 e. The van der Waals surface area contributed by atoms with Crippen LogP contribution in [0.5, 0.6) is 0 Å². The summed E-state index contributed by atoms with van der Waals surface area (Å²) in [5, 5.41) is 4.46. The highest BCUT2D eigenvalue weighted by atomic mass is 16.6. The molecule has 2 aliphatic heterocycles. The van der Waals surface area contributed by atoms with E-state index in [-0.39, 0.29) is 0 Å². The Morgan fingerprint density at radius 3 is 2.52 bits per heavy atom. The first-order valence-corrected chi connectivity index (χ1v) is 8.47. The van der Waals surface area contributed by atoms with Crippen molar-refractivity contribution in [2.75, 3.05) is 6.54 Å². The quantitative estimate of drug-likeness (QED) is 0.869. The Labute approximate surface area is 136 Å². The number of hydrogen-bond acceptors (Lipinski definition) is 3. The standard InChI is InChI=1S/C20H20N2O/c1-3-7-14(8-4-1)12-22-13-16-11-17(22)18-19(21-23-20(16)18)15-9-5-2-6-10-15/h1-10,16-18,20H,11-13H2/t16-,17-,18-,20-/m0/s1. The molecule has 3 aliphatic rings. The molecular formula is C20H20N2O. The van der Waals surface area contributed by atoms with E-state index in [9.17, 15) is 0 Å². The van der Waals surface area contributed by atoms with Crippen LogP contribution in [0.15, 0.2) is 65.8 Å². The van der Waals surface area contributed by atoms with Gasteiger partial charge >= 0.3 is 0 Å². The Balaban J connectivity index is 1.41. The second-order valence-corrected chi connectivity index (χ2v) is 6.92. The molecule has 0 aromatic heterocycles. The van der Waals surface area contributed by atoms with Crippen molar-refractivity contribution in [2.45, 2.75) is 25.1 Å². The van der Waals surface area contributed by atoms with Crippen LogP contribution in [0.4, 0.5) is 0 Å². The highest BCUT2D eigenvalue weighted by Crippen LogP contribution is 2.48. The molecule has 5 rings (SSSR count). The van der Waals surface area contributed by atoms with E-state index in [0.29, 0.717) is 24.0 Å². The predicted octanol–water partition coefficient (Wildman–Crippen LogP) is 3.31. The van der Waals surface area contributed by atoms with Crippen LogP contribution < -0.4 is 0 Å². The number of nitrogens with zero attached hydrogens (tertiary/aromatic N) is 2. The lowest BCUT2D eigenvalue weighted by Gasteiger charge is -2.33. The molecule has 2 aromatic rings. The summed E-state index contributed by atoms with van der Waals surface area (Å²) < 4.78 is 0. The SMILES string of the molecule is c1ccc(CN2C[C@@H]3C[C@H]2[C@H]2C(c4ccccc4)=NO[C@@H]32)cc1. The first kappa shape index (κ1) is 13.3. The minimum Gasteiger partial charge on any atom is -0.391 e. The van der Waals surface area contributed by atoms with Gasteiger partial charge in [-0.1, -0.05) is 65.8 Å². The van der Waals surface area contributed by atoms with Crippen LogP contribution in [0.3, 0.4) is 0 Å². The van der Waals surface area contributed by atoms with Gasteiger partial charge in [0.1, 0.15) is 6.10 Å². The van der Waals surface area contributed by atoms with E-state index < -0.39 is 0 Å². The summed E-state index contributed by atoms with van der Waals surface area (Å²) in [5.74, 6) is 1.05. The molecule has 2 fully saturated rings. The van der Waals surface area contributed by atoms with Crippen molar-refractivity contribution in [2.24, 2.45) is 17.0 Å². The molecule has 0 spiro atoms. The van der Waals surface area contributed by atoms with Gasteiger partial charge in [0.2, 0.25) is 0 Å². The lowest BCUT2D eigenvalue weighted by molar-refractivity contribution is 0.00494. The van der Waals surface area contributed by atoms with Crippen molar-refractivity contribution >= 4 is 5.71 Å². The van der Waals surface area contributed by atoms with Gasteiger partial charge in [0.15, 0.2) is 0 Å². The summed E-state index contributed by atoms with van der Waals surface area (Å²) in [6, 6.07) is 21.9. The van der Waals surface area contributed by atoms with E-state index in [1.807, 2.05) is 0 Å². The number of oxime groups is 1. The molecule has 0 radical (unpaired) electrons. The van der Waals surface area contributed by atoms with E-state index in [1.165, 1.54) is 17.5 Å². The zero-order chi connectivity index (χ0) is 15.2. The molecule has 3 nitrogen and oxygen atoms in total. The van der Waals surface area contributed by atoms with Crippen molar-refractivity contribution in [1.29, 1.82) is 0 Å². The van der Waals surface area contributed by atoms with E-state index in [1.54, 1.807) is 0 Å². The molecule has 2 aromatic carbocycles. The van der Waals surface area contributed by atoms with Gasteiger partial charge in [-0.15, -0.1) is 0 Å². The van der Waals surface area contributed by atoms with Crippen molar-refractivity contribution in [3.8, 4) is 0 Å². The highest BCUT2D eigenvalue weighted by Gasteiger charge is 2.57. The second-order valence-electron chi connectivity index (χ2n) is 6.92. The molecule has 0 N–H and O–H groups in total. The first-order valence-electron chi connectivity index (χ1n) is 8.47. The Morgan fingerprint density at radius 2 is 1.74 bits per heavy atom. The molecule has 0 unspecified atom stereocenters. The van der Waals surface area contributed by atoms with E-state index in [2.05, 4.69) is 70.7 Å². The lowest BCUT2D eigenvalue weighted by atomic mass is 9.87. The Kier molecular flexibility index (Phi) is 3.01. The van der Waals surface area contributed by atoms with Gasteiger partial charge in [0.25, 0.3) is 0 Å². The van der Waals surface area contributed by atoms with Gasteiger partial charge in [0.05, 0.1) is 11.6 Å². The number of benzene rings is 2. The van der Waals surface area contributed by atoms with Crippen LogP contribution in [0.1, 0.15) is 17.5 Å². The van der Waals surface area contributed by atoms with Gasteiger partial charge in [-0.2, -0.15) is 0 Å². The van der Waals surface area contributed by atoms with Crippen LogP contribution in [0, 0.1) is 11.8 Å². The zero-order valence-corrected chi connectivity index (χ0v) is 13.0. The van der Waals surface area contributed by atoms with Gasteiger partial charge in [0, 0.05) is 25.0 Å². The Bertz CT molecular complexity index is 728. The van der Waals surface area contributed by atoms with Crippen molar-refractivity contribution in [1.82, 2.24) is 4.90 Å². The number of hydrogen-bond donors (Lipinski definition) is 0. The molecule has 2 bridgehead atoms. The van der Waals surface area contributed by atoms with Crippen molar-refractivity contribution in [3.05, 3.63) is 71.8 Å². The zero-order valence-electron chi connectivity index (χ0n) is 13.0. The summed E-state index contributed by atoms with van der Waals surface area (Å²) in [7, 11) is 0. The summed E-state index contributed by atoms with van der Waals surface area (Å²) in [4.78, 5) is 8.47. The third-order valence-corrected chi connectivity index (χ3v) is 5.60.